The standard InChI is InChI=1S/C10H19BrN2O2Si/c1-16(2,3)5-4-15-8-13-9(7-14)6-10(11)12-13/h6,14H,4-5,7-8H2,1-3H3. The van der Waals surface area contributed by atoms with Crippen LogP contribution < -0.4 is 0 Å². The van der Waals surface area contributed by atoms with Crippen LogP contribution in [-0.2, 0) is 18.1 Å². The van der Waals surface area contributed by atoms with E-state index in [1.807, 2.05) is 0 Å². The minimum atomic E-state index is -1.03. The molecular formula is C10H19BrN2O2Si. The second-order valence-corrected chi connectivity index (χ2v) is 11.4. The molecule has 0 unspecified atom stereocenters. The molecule has 16 heavy (non-hydrogen) atoms. The van der Waals surface area contributed by atoms with Crippen molar-refractivity contribution in [3.8, 4) is 0 Å². The summed E-state index contributed by atoms with van der Waals surface area (Å²) in [5.74, 6) is 0. The van der Waals surface area contributed by atoms with Crippen molar-refractivity contribution in [1.82, 2.24) is 9.78 Å². The molecule has 0 atom stereocenters. The summed E-state index contributed by atoms with van der Waals surface area (Å²) in [6.07, 6.45) is 0. The first-order valence-electron chi connectivity index (χ1n) is 5.33. The summed E-state index contributed by atoms with van der Waals surface area (Å²) in [6.45, 7) is 8.11. The van der Waals surface area contributed by atoms with Gasteiger partial charge in [0, 0.05) is 14.7 Å². The van der Waals surface area contributed by atoms with Gasteiger partial charge in [-0.05, 0) is 28.0 Å². The van der Waals surface area contributed by atoms with E-state index in [9.17, 15) is 0 Å². The Kier molecular flexibility index (Phi) is 5.17. The number of nitrogens with zero attached hydrogens (tertiary/aromatic N) is 2. The van der Waals surface area contributed by atoms with E-state index in [0.29, 0.717) is 6.73 Å². The molecule has 0 saturated carbocycles. The SMILES string of the molecule is C[Si](C)(C)CCOCn1nc(Br)cc1CO. The highest BCUT2D eigenvalue weighted by molar-refractivity contribution is 9.10. The minimum Gasteiger partial charge on any atom is -0.390 e. The van der Waals surface area contributed by atoms with E-state index in [4.69, 9.17) is 9.84 Å². The van der Waals surface area contributed by atoms with Gasteiger partial charge in [-0.15, -0.1) is 0 Å². The number of ether oxygens (including phenoxy) is 1. The Morgan fingerprint density at radius 1 is 1.50 bits per heavy atom. The van der Waals surface area contributed by atoms with Crippen LogP contribution in [0.15, 0.2) is 10.7 Å². The topological polar surface area (TPSA) is 47.3 Å². The zero-order valence-electron chi connectivity index (χ0n) is 10.0. The molecule has 0 saturated heterocycles. The molecule has 0 aromatic carbocycles. The summed E-state index contributed by atoms with van der Waals surface area (Å²) < 4.78 is 7.96. The van der Waals surface area contributed by atoms with Gasteiger partial charge >= 0.3 is 0 Å². The van der Waals surface area contributed by atoms with Crippen molar-refractivity contribution in [2.45, 2.75) is 39.0 Å². The fourth-order valence-electron chi connectivity index (χ4n) is 1.19. The predicted octanol–water partition coefficient (Wildman–Crippen LogP) is 2.45. The number of aliphatic hydroxyl groups is 1. The normalized spacial score (nSPS) is 12.1. The first-order chi connectivity index (χ1) is 7.42. The second kappa shape index (κ2) is 5.95. The predicted molar refractivity (Wildman–Crippen MR) is 70.0 cm³/mol. The van der Waals surface area contributed by atoms with Crippen LogP contribution >= 0.6 is 15.9 Å². The third-order valence-electron chi connectivity index (χ3n) is 2.21. The first kappa shape index (κ1) is 13.9. The molecule has 0 amide bonds. The van der Waals surface area contributed by atoms with Crippen molar-refractivity contribution in [2.24, 2.45) is 0 Å². The van der Waals surface area contributed by atoms with Gasteiger partial charge in [0.05, 0.1) is 12.3 Å². The number of aromatic nitrogens is 2. The van der Waals surface area contributed by atoms with Crippen LogP contribution in [0.3, 0.4) is 0 Å². The largest absolute Gasteiger partial charge is 0.390 e. The summed E-state index contributed by atoms with van der Waals surface area (Å²) >= 11 is 3.27. The van der Waals surface area contributed by atoms with Gasteiger partial charge in [-0.1, -0.05) is 19.6 Å². The van der Waals surface area contributed by atoms with E-state index >= 15 is 0 Å². The number of hydrogen-bond acceptors (Lipinski definition) is 3. The molecule has 6 heteroatoms. The minimum absolute atomic E-state index is 0.0179. The molecule has 92 valence electrons. The second-order valence-electron chi connectivity index (χ2n) is 4.96. The maximum atomic E-state index is 9.09. The van der Waals surface area contributed by atoms with Gasteiger partial charge in [-0.2, -0.15) is 5.10 Å². The average molecular weight is 307 g/mol. The molecule has 1 heterocycles. The van der Waals surface area contributed by atoms with E-state index < -0.39 is 8.07 Å². The van der Waals surface area contributed by atoms with Gasteiger partial charge < -0.3 is 9.84 Å². The van der Waals surface area contributed by atoms with Crippen LogP contribution in [0.4, 0.5) is 0 Å². The third-order valence-corrected chi connectivity index (χ3v) is 4.30. The Morgan fingerprint density at radius 2 is 2.19 bits per heavy atom. The molecule has 0 aliphatic carbocycles. The Morgan fingerprint density at radius 3 is 2.75 bits per heavy atom. The van der Waals surface area contributed by atoms with Gasteiger partial charge in [-0.25, -0.2) is 4.68 Å². The van der Waals surface area contributed by atoms with Crippen molar-refractivity contribution in [3.05, 3.63) is 16.4 Å². The van der Waals surface area contributed by atoms with Crippen molar-refractivity contribution < 1.29 is 9.84 Å². The molecular weight excluding hydrogens is 288 g/mol. The molecule has 0 fully saturated rings. The van der Waals surface area contributed by atoms with Gasteiger partial charge in [0.2, 0.25) is 0 Å². The highest BCUT2D eigenvalue weighted by Crippen LogP contribution is 2.12. The van der Waals surface area contributed by atoms with E-state index in [-0.39, 0.29) is 6.61 Å². The Bertz CT molecular complexity index is 336. The third kappa shape index (κ3) is 4.78. The molecule has 4 nitrogen and oxygen atoms in total. The van der Waals surface area contributed by atoms with E-state index in [1.54, 1.807) is 10.7 Å². The fourth-order valence-corrected chi connectivity index (χ4v) is 2.40. The maximum Gasteiger partial charge on any atom is 0.139 e. The molecule has 0 aliphatic heterocycles. The number of halogens is 1. The maximum absolute atomic E-state index is 9.09. The lowest BCUT2D eigenvalue weighted by Crippen LogP contribution is -2.22. The van der Waals surface area contributed by atoms with Crippen LogP contribution in [0.5, 0.6) is 0 Å². The molecule has 1 aromatic heterocycles. The van der Waals surface area contributed by atoms with Crippen molar-refractivity contribution in [3.63, 3.8) is 0 Å². The summed E-state index contributed by atoms with van der Waals surface area (Å²) in [6, 6.07) is 2.94. The smallest absolute Gasteiger partial charge is 0.139 e. The van der Waals surface area contributed by atoms with Gasteiger partial charge in [-0.3, -0.25) is 0 Å². The Balaban J connectivity index is 2.37. The first-order valence-corrected chi connectivity index (χ1v) is 9.83. The van der Waals surface area contributed by atoms with Crippen molar-refractivity contribution >= 4 is 24.0 Å². The highest BCUT2D eigenvalue weighted by Gasteiger charge is 2.12. The number of rotatable bonds is 6. The Hall–Kier alpha value is -0.173. The van der Waals surface area contributed by atoms with E-state index in [0.717, 1.165) is 22.9 Å². The summed E-state index contributed by atoms with van der Waals surface area (Å²) in [5, 5.41) is 13.3. The molecule has 0 bridgehead atoms. The summed E-state index contributed by atoms with van der Waals surface area (Å²) in [5.41, 5.74) is 0.764. The van der Waals surface area contributed by atoms with Crippen LogP contribution in [0, 0.1) is 0 Å². The van der Waals surface area contributed by atoms with Gasteiger partial charge in [0.15, 0.2) is 0 Å². The lowest BCUT2D eigenvalue weighted by Gasteiger charge is -2.15. The molecule has 0 radical (unpaired) electrons. The molecule has 1 N–H and O–H groups in total. The van der Waals surface area contributed by atoms with Crippen LogP contribution in [-0.4, -0.2) is 29.6 Å². The highest BCUT2D eigenvalue weighted by atomic mass is 79.9. The zero-order valence-corrected chi connectivity index (χ0v) is 12.6. The fraction of sp³-hybridized carbons (Fsp3) is 0.700. The summed E-state index contributed by atoms with van der Waals surface area (Å²) in [4.78, 5) is 0. The summed E-state index contributed by atoms with van der Waals surface area (Å²) in [7, 11) is -1.03. The van der Waals surface area contributed by atoms with Crippen molar-refractivity contribution in [2.75, 3.05) is 6.61 Å². The van der Waals surface area contributed by atoms with E-state index in [1.165, 1.54) is 0 Å². The van der Waals surface area contributed by atoms with Gasteiger partial charge in [0.25, 0.3) is 0 Å². The number of hydrogen-bond donors (Lipinski definition) is 1. The van der Waals surface area contributed by atoms with Gasteiger partial charge in [0.1, 0.15) is 11.3 Å². The molecule has 0 aliphatic rings. The zero-order chi connectivity index (χ0) is 12.2. The number of aliphatic hydroxyl groups excluding tert-OH is 1. The quantitative estimate of drug-likeness (QED) is 0.649. The van der Waals surface area contributed by atoms with Crippen LogP contribution in [0.2, 0.25) is 25.7 Å². The monoisotopic (exact) mass is 306 g/mol. The van der Waals surface area contributed by atoms with Crippen LogP contribution in [0.25, 0.3) is 0 Å². The molecule has 0 spiro atoms. The average Bonchev–Trinajstić information content (AvgIpc) is 2.52. The Labute approximate surface area is 106 Å². The lowest BCUT2D eigenvalue weighted by atomic mass is 10.5. The van der Waals surface area contributed by atoms with Crippen LogP contribution in [0.1, 0.15) is 5.69 Å². The van der Waals surface area contributed by atoms with Crippen molar-refractivity contribution in [1.29, 1.82) is 0 Å². The molecule has 1 aromatic rings. The lowest BCUT2D eigenvalue weighted by molar-refractivity contribution is 0.0730. The van der Waals surface area contributed by atoms with E-state index in [2.05, 4.69) is 40.7 Å². The molecule has 1 rings (SSSR count).